The summed E-state index contributed by atoms with van der Waals surface area (Å²) in [5.74, 6) is -0.433. The number of hydrogen-bond acceptors (Lipinski definition) is 4. The van der Waals surface area contributed by atoms with Crippen LogP contribution in [0, 0.1) is 10.1 Å². The Labute approximate surface area is 161 Å². The maximum absolute atomic E-state index is 12.4. The Kier molecular flexibility index (Phi) is 5.72. The summed E-state index contributed by atoms with van der Waals surface area (Å²) in [5, 5.41) is 13.3. The van der Waals surface area contributed by atoms with Gasteiger partial charge in [-0.1, -0.05) is 30.3 Å². The van der Waals surface area contributed by atoms with Gasteiger partial charge in [0.1, 0.15) is 0 Å². The summed E-state index contributed by atoms with van der Waals surface area (Å²) in [5.41, 5.74) is 2.36. The first-order chi connectivity index (χ1) is 13.5. The molecule has 0 aliphatic heterocycles. The van der Waals surface area contributed by atoms with Crippen molar-refractivity contribution in [3.05, 3.63) is 112 Å². The Morgan fingerprint density at radius 3 is 2.04 bits per heavy atom. The molecular weight excluding hydrogens is 356 g/mol. The second kappa shape index (κ2) is 8.55. The fourth-order valence-corrected chi connectivity index (χ4v) is 2.52. The van der Waals surface area contributed by atoms with Crippen LogP contribution < -0.4 is 5.32 Å². The summed E-state index contributed by atoms with van der Waals surface area (Å²) < 4.78 is 0. The Bertz CT molecular complexity index is 1020. The first-order valence-corrected chi connectivity index (χ1v) is 8.46. The number of amides is 1. The molecule has 3 rings (SSSR count). The average molecular weight is 372 g/mol. The predicted octanol–water partition coefficient (Wildman–Crippen LogP) is 4.48. The van der Waals surface area contributed by atoms with E-state index in [4.69, 9.17) is 0 Å². The van der Waals surface area contributed by atoms with Crippen molar-refractivity contribution in [3.63, 3.8) is 0 Å². The van der Waals surface area contributed by atoms with Gasteiger partial charge in [-0.05, 0) is 48.0 Å². The van der Waals surface area contributed by atoms with Gasteiger partial charge in [-0.2, -0.15) is 0 Å². The molecule has 0 unspecified atom stereocenters. The second-order valence-electron chi connectivity index (χ2n) is 5.94. The van der Waals surface area contributed by atoms with Crippen molar-refractivity contribution in [1.82, 2.24) is 0 Å². The van der Waals surface area contributed by atoms with E-state index in [0.29, 0.717) is 22.4 Å². The minimum atomic E-state index is -0.480. The number of ketones is 1. The van der Waals surface area contributed by atoms with Gasteiger partial charge in [-0.15, -0.1) is 0 Å². The number of benzene rings is 3. The monoisotopic (exact) mass is 372 g/mol. The molecule has 1 amide bonds. The molecule has 1 N–H and O–H groups in total. The third-order valence-corrected chi connectivity index (χ3v) is 3.98. The molecular formula is C22H16N2O4. The fraction of sp³-hybridized carbons (Fsp3) is 0. The van der Waals surface area contributed by atoms with Crippen LogP contribution in [0.5, 0.6) is 0 Å². The molecule has 0 bridgehead atoms. The van der Waals surface area contributed by atoms with Crippen molar-refractivity contribution >= 4 is 29.1 Å². The molecule has 138 valence electrons. The maximum Gasteiger partial charge on any atom is 0.269 e. The van der Waals surface area contributed by atoms with Crippen molar-refractivity contribution in [2.45, 2.75) is 0 Å². The molecule has 0 radical (unpaired) electrons. The number of carbonyl (C=O) groups excluding carboxylic acids is 2. The fourth-order valence-electron chi connectivity index (χ4n) is 2.52. The normalized spacial score (nSPS) is 10.6. The van der Waals surface area contributed by atoms with E-state index in [2.05, 4.69) is 5.32 Å². The average Bonchev–Trinajstić information content (AvgIpc) is 2.73. The van der Waals surface area contributed by atoms with E-state index in [9.17, 15) is 19.7 Å². The van der Waals surface area contributed by atoms with Gasteiger partial charge in [0.15, 0.2) is 5.78 Å². The third kappa shape index (κ3) is 4.76. The van der Waals surface area contributed by atoms with E-state index in [1.54, 1.807) is 66.7 Å². The van der Waals surface area contributed by atoms with Crippen molar-refractivity contribution in [1.29, 1.82) is 0 Å². The van der Waals surface area contributed by atoms with Crippen LogP contribution >= 0.6 is 0 Å². The summed E-state index contributed by atoms with van der Waals surface area (Å²) in [7, 11) is 0. The first kappa shape index (κ1) is 18.7. The number of nitrogens with one attached hydrogen (secondary N) is 1. The van der Waals surface area contributed by atoms with E-state index in [0.717, 1.165) is 0 Å². The summed E-state index contributed by atoms with van der Waals surface area (Å²) in [6, 6.07) is 21.5. The van der Waals surface area contributed by atoms with Gasteiger partial charge < -0.3 is 5.32 Å². The molecule has 0 heterocycles. The number of nitro groups is 1. The molecule has 0 atom stereocenters. The van der Waals surface area contributed by atoms with Crippen LogP contribution in [-0.2, 0) is 4.79 Å². The SMILES string of the molecule is O=C(/C=C/c1ccc([N+](=O)[O-])cc1)Nc1ccc(C(=O)c2ccccc2)cc1. The summed E-state index contributed by atoms with van der Waals surface area (Å²) in [6.07, 6.45) is 2.90. The molecule has 3 aromatic rings. The second-order valence-corrected chi connectivity index (χ2v) is 5.94. The number of non-ortho nitro benzene ring substituents is 1. The molecule has 0 fully saturated rings. The summed E-state index contributed by atoms with van der Waals surface area (Å²) >= 11 is 0. The molecule has 6 nitrogen and oxygen atoms in total. The standard InChI is InChI=1S/C22H16N2O4/c25-21(15-8-16-6-13-20(14-7-16)24(27)28)23-19-11-9-18(10-12-19)22(26)17-4-2-1-3-5-17/h1-15H,(H,23,25)/b15-8+. The van der Waals surface area contributed by atoms with Crippen LogP contribution in [0.15, 0.2) is 84.9 Å². The predicted molar refractivity (Wildman–Crippen MR) is 107 cm³/mol. The summed E-state index contributed by atoms with van der Waals surface area (Å²) in [4.78, 5) is 34.5. The number of nitro benzene ring substituents is 1. The molecule has 6 heteroatoms. The van der Waals surface area contributed by atoms with Gasteiger partial charge in [0.05, 0.1) is 4.92 Å². The highest BCUT2D eigenvalue weighted by molar-refractivity contribution is 6.09. The smallest absolute Gasteiger partial charge is 0.269 e. The molecule has 0 aliphatic carbocycles. The highest BCUT2D eigenvalue weighted by Crippen LogP contribution is 2.15. The van der Waals surface area contributed by atoms with E-state index >= 15 is 0 Å². The Balaban J connectivity index is 1.61. The quantitative estimate of drug-likeness (QED) is 0.299. The van der Waals surface area contributed by atoms with Gasteiger partial charge in [0.2, 0.25) is 5.91 Å². The Hall–Kier alpha value is -4.06. The molecule has 0 saturated heterocycles. The van der Waals surface area contributed by atoms with Crippen LogP contribution in [0.1, 0.15) is 21.5 Å². The van der Waals surface area contributed by atoms with Gasteiger partial charge >= 0.3 is 0 Å². The lowest BCUT2D eigenvalue weighted by molar-refractivity contribution is -0.384. The Morgan fingerprint density at radius 1 is 0.821 bits per heavy atom. The van der Waals surface area contributed by atoms with Crippen LogP contribution in [0.25, 0.3) is 6.08 Å². The first-order valence-electron chi connectivity index (χ1n) is 8.46. The van der Waals surface area contributed by atoms with Crippen LogP contribution in [0.2, 0.25) is 0 Å². The molecule has 0 saturated carbocycles. The van der Waals surface area contributed by atoms with Crippen LogP contribution in [-0.4, -0.2) is 16.6 Å². The minimum absolute atomic E-state index is 0.00765. The minimum Gasteiger partial charge on any atom is -0.323 e. The van der Waals surface area contributed by atoms with Gasteiger partial charge in [0, 0.05) is 35.0 Å². The number of hydrogen-bond donors (Lipinski definition) is 1. The zero-order valence-electron chi connectivity index (χ0n) is 14.7. The highest BCUT2D eigenvalue weighted by Gasteiger charge is 2.08. The lowest BCUT2D eigenvalue weighted by Crippen LogP contribution is -2.08. The largest absolute Gasteiger partial charge is 0.323 e. The molecule has 0 aliphatic rings. The van der Waals surface area contributed by atoms with Crippen molar-refractivity contribution in [2.75, 3.05) is 5.32 Å². The van der Waals surface area contributed by atoms with Crippen LogP contribution in [0.3, 0.4) is 0 Å². The van der Waals surface area contributed by atoms with Crippen molar-refractivity contribution in [3.8, 4) is 0 Å². The van der Waals surface area contributed by atoms with Gasteiger partial charge in [-0.3, -0.25) is 19.7 Å². The summed E-state index contributed by atoms with van der Waals surface area (Å²) in [6.45, 7) is 0. The zero-order valence-corrected chi connectivity index (χ0v) is 14.7. The van der Waals surface area contributed by atoms with Crippen molar-refractivity contribution < 1.29 is 14.5 Å². The number of nitrogens with zero attached hydrogens (tertiary/aromatic N) is 1. The lowest BCUT2D eigenvalue weighted by Gasteiger charge is -2.05. The Morgan fingerprint density at radius 2 is 1.43 bits per heavy atom. The molecule has 0 aromatic heterocycles. The van der Waals surface area contributed by atoms with Crippen molar-refractivity contribution in [2.24, 2.45) is 0 Å². The number of anilines is 1. The third-order valence-electron chi connectivity index (χ3n) is 3.98. The molecule has 0 spiro atoms. The zero-order chi connectivity index (χ0) is 19.9. The van der Waals surface area contributed by atoms with E-state index < -0.39 is 4.92 Å². The lowest BCUT2D eigenvalue weighted by atomic mass is 10.0. The van der Waals surface area contributed by atoms with Gasteiger partial charge in [-0.25, -0.2) is 0 Å². The molecule has 3 aromatic carbocycles. The molecule has 28 heavy (non-hydrogen) atoms. The maximum atomic E-state index is 12.4. The van der Waals surface area contributed by atoms with Gasteiger partial charge in [0.25, 0.3) is 5.69 Å². The highest BCUT2D eigenvalue weighted by atomic mass is 16.6. The van der Waals surface area contributed by atoms with E-state index in [-0.39, 0.29) is 17.4 Å². The number of rotatable bonds is 6. The van der Waals surface area contributed by atoms with E-state index in [1.165, 1.54) is 18.2 Å². The van der Waals surface area contributed by atoms with E-state index in [1.807, 2.05) is 6.07 Å². The van der Waals surface area contributed by atoms with Crippen LogP contribution in [0.4, 0.5) is 11.4 Å². The number of carbonyl (C=O) groups is 2. The topological polar surface area (TPSA) is 89.3 Å².